The van der Waals surface area contributed by atoms with Crippen LogP contribution in [0.3, 0.4) is 0 Å². The van der Waals surface area contributed by atoms with Crippen LogP contribution in [0.15, 0.2) is 58.3 Å². The zero-order chi connectivity index (χ0) is 49.6. The van der Waals surface area contributed by atoms with Gasteiger partial charge in [0.1, 0.15) is 0 Å². The third kappa shape index (κ3) is 31.3. The van der Waals surface area contributed by atoms with Crippen LogP contribution < -0.4 is 0 Å². The van der Waals surface area contributed by atoms with Crippen molar-refractivity contribution in [2.24, 2.45) is 5.41 Å². The van der Waals surface area contributed by atoms with Gasteiger partial charge >= 0.3 is 0 Å². The van der Waals surface area contributed by atoms with Gasteiger partial charge in [-0.05, 0) is 115 Å². The van der Waals surface area contributed by atoms with Crippen LogP contribution in [0.1, 0.15) is 300 Å². The quantitative estimate of drug-likeness (QED) is 0.0276. The third-order valence-corrected chi connectivity index (χ3v) is 17.9. The number of unbranched alkanes of at least 4 members (excludes halogenated alkanes) is 37. The van der Waals surface area contributed by atoms with Crippen molar-refractivity contribution in [2.45, 2.75) is 304 Å². The zero-order valence-corrected chi connectivity index (χ0v) is 50.3. The van der Waals surface area contributed by atoms with E-state index in [0.29, 0.717) is 0 Å². The molecule has 400 valence electrons. The predicted octanol–water partition coefficient (Wildman–Crippen LogP) is 22.8. The summed E-state index contributed by atoms with van der Waals surface area (Å²) in [7, 11) is 0. The molecule has 2 aromatic carbocycles. The van der Waals surface area contributed by atoms with E-state index in [1.807, 2.05) is 0 Å². The molecule has 0 nitrogen and oxygen atoms in total. The molecule has 0 fully saturated rings. The Hall–Kier alpha value is 0.540. The van der Waals surface area contributed by atoms with Crippen LogP contribution >= 0.6 is 75.8 Å². The number of benzene rings is 2. The van der Waals surface area contributed by atoms with E-state index in [4.69, 9.17) is 25.3 Å². The van der Waals surface area contributed by atoms with Crippen molar-refractivity contribution in [1.82, 2.24) is 0 Å². The Balaban J connectivity index is 2.44. The molecular formula is C63H112S6. The van der Waals surface area contributed by atoms with E-state index in [0.717, 1.165) is 32.8 Å². The first-order valence-corrected chi connectivity index (χ1v) is 33.4. The highest BCUT2D eigenvalue weighted by Gasteiger charge is 2.51. The van der Waals surface area contributed by atoms with E-state index in [-0.39, 0.29) is 10.8 Å². The molecule has 0 N–H and O–H groups in total. The van der Waals surface area contributed by atoms with Crippen LogP contribution in [-0.2, 0) is 5.41 Å². The smallest absolute Gasteiger partial charge is 0.0259 e. The van der Waals surface area contributed by atoms with Crippen molar-refractivity contribution >= 4 is 75.8 Å². The Morgan fingerprint density at radius 3 is 0.594 bits per heavy atom. The molecule has 0 saturated heterocycles. The van der Waals surface area contributed by atoms with Gasteiger partial charge in [-0.3, -0.25) is 0 Å². The minimum absolute atomic E-state index is 0.0456. The molecule has 0 heterocycles. The number of hydrogen-bond donors (Lipinski definition) is 6. The summed E-state index contributed by atoms with van der Waals surface area (Å²) >= 11 is 27.5. The first-order chi connectivity index (χ1) is 34.0. The normalized spacial score (nSPS) is 12.1. The Morgan fingerprint density at radius 1 is 0.217 bits per heavy atom. The fourth-order valence-electron chi connectivity index (χ4n) is 11.9. The SMILES string of the molecule is SCCCCCCCCCCCCCC(c1ccc(S)cc1)(c1ccc(S)cc1)C(CCCCCCCCCCCCS)(CCCCCCCCCCCCS)CCCCCCCCCCCCS. The van der Waals surface area contributed by atoms with Crippen molar-refractivity contribution in [1.29, 1.82) is 0 Å². The Morgan fingerprint density at radius 2 is 0.391 bits per heavy atom. The lowest BCUT2D eigenvalue weighted by Gasteiger charge is -2.53. The minimum Gasteiger partial charge on any atom is -0.179 e. The molecule has 0 bridgehead atoms. The van der Waals surface area contributed by atoms with E-state index in [9.17, 15) is 0 Å². The van der Waals surface area contributed by atoms with Gasteiger partial charge in [-0.2, -0.15) is 50.5 Å². The van der Waals surface area contributed by atoms with Crippen LogP contribution in [0.5, 0.6) is 0 Å². The standard InChI is InChI=1S/C63H112S6/c64-54-38-30-22-14-6-1-2-13-21-29-37-53-63(58-42-46-60(68)47-43-58,59-44-48-61(69)49-45-59)62(50-34-26-18-10-3-7-15-23-31-39-55-65,51-35-27-19-11-4-8-16-24-32-40-56-66)52-36-28-20-12-5-9-17-25-33-41-57-67/h42-49,64-69H,1-41,50-57H2. The summed E-state index contributed by atoms with van der Waals surface area (Å²) in [5, 5.41) is 0. The fraction of sp³-hybridized carbons (Fsp3) is 0.810. The van der Waals surface area contributed by atoms with Crippen LogP contribution in [-0.4, -0.2) is 23.0 Å². The van der Waals surface area contributed by atoms with Crippen molar-refractivity contribution < 1.29 is 0 Å². The lowest BCUT2D eigenvalue weighted by Crippen LogP contribution is -2.47. The molecule has 0 amide bonds. The molecule has 2 rings (SSSR count). The van der Waals surface area contributed by atoms with Gasteiger partial charge in [-0.1, -0.05) is 262 Å². The third-order valence-electron chi connectivity index (χ3n) is 16.0. The van der Waals surface area contributed by atoms with Crippen molar-refractivity contribution in [2.75, 3.05) is 23.0 Å². The largest absolute Gasteiger partial charge is 0.179 e. The van der Waals surface area contributed by atoms with Gasteiger partial charge in [0.05, 0.1) is 0 Å². The van der Waals surface area contributed by atoms with E-state index in [1.165, 1.54) is 289 Å². The maximum absolute atomic E-state index is 4.91. The second-order valence-electron chi connectivity index (χ2n) is 21.7. The molecule has 0 unspecified atom stereocenters. The molecule has 0 aliphatic heterocycles. The monoisotopic (exact) mass is 1060 g/mol. The van der Waals surface area contributed by atoms with Gasteiger partial charge < -0.3 is 0 Å². The number of hydrogen-bond acceptors (Lipinski definition) is 6. The van der Waals surface area contributed by atoms with Crippen molar-refractivity contribution in [3.8, 4) is 0 Å². The minimum atomic E-state index is -0.0456. The Kier molecular flexibility index (Phi) is 44.7. The van der Waals surface area contributed by atoms with E-state index < -0.39 is 0 Å². The summed E-state index contributed by atoms with van der Waals surface area (Å²) in [6.07, 6.45) is 61.5. The molecule has 0 saturated carbocycles. The molecule has 0 aromatic heterocycles. The lowest BCUT2D eigenvalue weighted by atomic mass is 9.50. The van der Waals surface area contributed by atoms with Crippen LogP contribution in [0.2, 0.25) is 0 Å². The highest BCUT2D eigenvalue weighted by Crippen LogP contribution is 2.59. The molecule has 69 heavy (non-hydrogen) atoms. The van der Waals surface area contributed by atoms with Crippen LogP contribution in [0.25, 0.3) is 0 Å². The van der Waals surface area contributed by atoms with E-state index in [1.54, 1.807) is 11.1 Å². The molecule has 0 atom stereocenters. The summed E-state index contributed by atoms with van der Waals surface area (Å²) < 4.78 is 0. The van der Waals surface area contributed by atoms with Crippen LogP contribution in [0.4, 0.5) is 0 Å². The molecular weight excluding hydrogens is 949 g/mol. The second-order valence-corrected chi connectivity index (χ2v) is 24.5. The first kappa shape index (κ1) is 65.7. The molecule has 6 heteroatoms. The summed E-state index contributed by atoms with van der Waals surface area (Å²) in [5.41, 5.74) is 3.26. The second kappa shape index (κ2) is 47.0. The first-order valence-electron chi connectivity index (χ1n) is 30.0. The number of rotatable bonds is 52. The van der Waals surface area contributed by atoms with Gasteiger partial charge in [0.25, 0.3) is 0 Å². The van der Waals surface area contributed by atoms with Gasteiger partial charge in [0.15, 0.2) is 0 Å². The average Bonchev–Trinajstić information content (AvgIpc) is 3.36. The predicted molar refractivity (Wildman–Crippen MR) is 334 cm³/mol. The maximum atomic E-state index is 4.91. The van der Waals surface area contributed by atoms with Crippen molar-refractivity contribution in [3.05, 3.63) is 59.7 Å². The summed E-state index contributed by atoms with van der Waals surface area (Å²) in [4.78, 5) is 2.16. The van der Waals surface area contributed by atoms with Gasteiger partial charge in [0, 0.05) is 15.2 Å². The molecule has 0 radical (unpaired) electrons. The van der Waals surface area contributed by atoms with E-state index >= 15 is 0 Å². The molecule has 2 aromatic rings. The van der Waals surface area contributed by atoms with Gasteiger partial charge in [0.2, 0.25) is 0 Å². The number of thiol groups is 6. The average molecular weight is 1060 g/mol. The fourth-order valence-corrected chi connectivity index (χ4v) is 13.1. The van der Waals surface area contributed by atoms with Gasteiger partial charge in [-0.15, -0.1) is 25.3 Å². The maximum Gasteiger partial charge on any atom is 0.0259 e. The van der Waals surface area contributed by atoms with Crippen molar-refractivity contribution in [3.63, 3.8) is 0 Å². The highest BCUT2D eigenvalue weighted by atomic mass is 32.1. The van der Waals surface area contributed by atoms with Gasteiger partial charge in [-0.25, -0.2) is 0 Å². The summed E-state index contributed by atoms with van der Waals surface area (Å²) in [6.45, 7) is 0. The topological polar surface area (TPSA) is 0 Å². The molecule has 0 aliphatic carbocycles. The zero-order valence-electron chi connectivity index (χ0n) is 45.0. The highest BCUT2D eigenvalue weighted by molar-refractivity contribution is 7.81. The Labute approximate surface area is 464 Å². The molecule has 0 aliphatic rings. The van der Waals surface area contributed by atoms with E-state index in [2.05, 4.69) is 99.0 Å². The van der Waals surface area contributed by atoms with Crippen LogP contribution in [0, 0.1) is 5.41 Å². The lowest BCUT2D eigenvalue weighted by molar-refractivity contribution is 0.0816. The summed E-state index contributed by atoms with van der Waals surface area (Å²) in [6, 6.07) is 19.3. The summed E-state index contributed by atoms with van der Waals surface area (Å²) in [5.74, 6) is 4.15. The Bertz CT molecular complexity index is 1250. The molecule has 0 spiro atoms.